The SMILES string of the molecule is Cc1nn(C)c(C)c1C[C@H](C)NC(=O)N(C)[C@@H](C)C1CCCCC1. The molecule has 5 nitrogen and oxygen atoms in total. The zero-order valence-corrected chi connectivity index (χ0v) is 16.2. The minimum absolute atomic E-state index is 0.0415. The number of hydrogen-bond acceptors (Lipinski definition) is 2. The fourth-order valence-electron chi connectivity index (χ4n) is 3.90. The van der Waals surface area contributed by atoms with Crippen molar-refractivity contribution in [3.8, 4) is 0 Å². The van der Waals surface area contributed by atoms with Crippen LogP contribution in [0.1, 0.15) is 62.9 Å². The monoisotopic (exact) mass is 334 g/mol. The van der Waals surface area contributed by atoms with Crippen molar-refractivity contribution in [1.29, 1.82) is 0 Å². The van der Waals surface area contributed by atoms with Crippen LogP contribution in [0.5, 0.6) is 0 Å². The van der Waals surface area contributed by atoms with E-state index in [0.717, 1.165) is 12.1 Å². The molecule has 2 amide bonds. The van der Waals surface area contributed by atoms with Gasteiger partial charge in [0.15, 0.2) is 0 Å². The van der Waals surface area contributed by atoms with E-state index in [1.54, 1.807) is 0 Å². The Morgan fingerprint density at radius 3 is 2.46 bits per heavy atom. The van der Waals surface area contributed by atoms with Gasteiger partial charge in [-0.1, -0.05) is 19.3 Å². The molecule has 2 atom stereocenters. The van der Waals surface area contributed by atoms with Crippen molar-refractivity contribution in [3.63, 3.8) is 0 Å². The third kappa shape index (κ3) is 4.31. The van der Waals surface area contributed by atoms with Gasteiger partial charge in [-0.25, -0.2) is 4.79 Å². The van der Waals surface area contributed by atoms with E-state index in [-0.39, 0.29) is 12.1 Å². The minimum atomic E-state index is 0.0415. The van der Waals surface area contributed by atoms with Gasteiger partial charge in [-0.3, -0.25) is 4.68 Å². The van der Waals surface area contributed by atoms with Gasteiger partial charge in [-0.2, -0.15) is 5.10 Å². The number of nitrogens with one attached hydrogen (secondary N) is 1. The Hall–Kier alpha value is -1.52. The summed E-state index contributed by atoms with van der Waals surface area (Å²) in [6, 6.07) is 0.444. The van der Waals surface area contributed by atoms with E-state index in [1.165, 1.54) is 43.4 Å². The molecule has 1 heterocycles. The van der Waals surface area contributed by atoms with Gasteiger partial charge in [0, 0.05) is 31.9 Å². The van der Waals surface area contributed by atoms with Crippen LogP contribution in [0.4, 0.5) is 4.79 Å². The predicted molar refractivity (Wildman–Crippen MR) is 98.2 cm³/mol. The van der Waals surface area contributed by atoms with Crippen LogP contribution in [0, 0.1) is 19.8 Å². The number of nitrogens with zero attached hydrogens (tertiary/aromatic N) is 3. The summed E-state index contributed by atoms with van der Waals surface area (Å²) in [6.07, 6.45) is 7.29. The molecular weight excluding hydrogens is 300 g/mol. The summed E-state index contributed by atoms with van der Waals surface area (Å²) in [7, 11) is 3.90. The fourth-order valence-corrected chi connectivity index (χ4v) is 3.90. The summed E-state index contributed by atoms with van der Waals surface area (Å²) >= 11 is 0. The van der Waals surface area contributed by atoms with Gasteiger partial charge in [-0.05, 0) is 58.4 Å². The second-order valence-corrected chi connectivity index (χ2v) is 7.58. The van der Waals surface area contributed by atoms with Crippen molar-refractivity contribution in [2.24, 2.45) is 13.0 Å². The molecule has 1 saturated carbocycles. The van der Waals surface area contributed by atoms with E-state index in [4.69, 9.17) is 0 Å². The van der Waals surface area contributed by atoms with Crippen LogP contribution in [0.3, 0.4) is 0 Å². The summed E-state index contributed by atoms with van der Waals surface area (Å²) < 4.78 is 1.91. The average Bonchev–Trinajstić information content (AvgIpc) is 2.80. The highest BCUT2D eigenvalue weighted by molar-refractivity contribution is 5.74. The van der Waals surface area contributed by atoms with Crippen molar-refractivity contribution in [2.45, 2.75) is 78.3 Å². The molecule has 5 heteroatoms. The quantitative estimate of drug-likeness (QED) is 0.895. The maximum atomic E-state index is 12.6. The largest absolute Gasteiger partial charge is 0.335 e. The van der Waals surface area contributed by atoms with Crippen LogP contribution < -0.4 is 5.32 Å². The van der Waals surface area contributed by atoms with Crippen LogP contribution in [-0.4, -0.2) is 39.8 Å². The first-order valence-corrected chi connectivity index (χ1v) is 9.33. The number of hydrogen-bond donors (Lipinski definition) is 1. The minimum Gasteiger partial charge on any atom is -0.335 e. The van der Waals surface area contributed by atoms with E-state index in [2.05, 4.69) is 31.2 Å². The molecule has 0 unspecified atom stereocenters. The van der Waals surface area contributed by atoms with Gasteiger partial charge < -0.3 is 10.2 Å². The summed E-state index contributed by atoms with van der Waals surface area (Å²) in [4.78, 5) is 14.5. The first kappa shape index (κ1) is 18.8. The molecule has 0 radical (unpaired) electrons. The summed E-state index contributed by atoms with van der Waals surface area (Å²) in [5.41, 5.74) is 3.48. The Balaban J connectivity index is 1.90. The average molecular weight is 335 g/mol. The van der Waals surface area contributed by atoms with Gasteiger partial charge in [0.25, 0.3) is 0 Å². The molecule has 0 spiro atoms. The van der Waals surface area contributed by atoms with Gasteiger partial charge >= 0.3 is 6.03 Å². The van der Waals surface area contributed by atoms with Gasteiger partial charge in [0.1, 0.15) is 0 Å². The molecular formula is C19H34N4O. The molecule has 0 aromatic carbocycles. The molecule has 1 N–H and O–H groups in total. The molecule has 2 rings (SSSR count). The lowest BCUT2D eigenvalue weighted by molar-refractivity contribution is 0.154. The standard InChI is InChI=1S/C19H34N4O/c1-13(12-18-14(2)21-23(6)16(18)4)20-19(24)22(5)15(3)17-10-8-7-9-11-17/h13,15,17H,7-12H2,1-6H3,(H,20,24)/t13-,15-/m0/s1. The van der Waals surface area contributed by atoms with Crippen molar-refractivity contribution in [3.05, 3.63) is 17.0 Å². The Labute approximate surface area is 146 Å². The number of carbonyl (C=O) groups excluding carboxylic acids is 1. The van der Waals surface area contributed by atoms with Crippen LogP contribution in [0.15, 0.2) is 0 Å². The van der Waals surface area contributed by atoms with Crippen molar-refractivity contribution < 1.29 is 4.79 Å². The Kier molecular flexibility index (Phi) is 6.30. The lowest BCUT2D eigenvalue weighted by atomic mass is 9.84. The topological polar surface area (TPSA) is 50.2 Å². The normalized spacial score (nSPS) is 18.2. The van der Waals surface area contributed by atoms with Crippen molar-refractivity contribution in [1.82, 2.24) is 20.0 Å². The van der Waals surface area contributed by atoms with Crippen LogP contribution >= 0.6 is 0 Å². The zero-order valence-electron chi connectivity index (χ0n) is 16.2. The van der Waals surface area contributed by atoms with Gasteiger partial charge in [-0.15, -0.1) is 0 Å². The molecule has 0 saturated heterocycles. The highest BCUT2D eigenvalue weighted by atomic mass is 16.2. The lowest BCUT2D eigenvalue weighted by Gasteiger charge is -2.35. The van der Waals surface area contributed by atoms with Crippen LogP contribution in [0.2, 0.25) is 0 Å². The van der Waals surface area contributed by atoms with Gasteiger partial charge in [0.05, 0.1) is 5.69 Å². The van der Waals surface area contributed by atoms with Crippen molar-refractivity contribution >= 4 is 6.03 Å². The van der Waals surface area contributed by atoms with E-state index >= 15 is 0 Å². The number of rotatable bonds is 5. The summed E-state index contributed by atoms with van der Waals surface area (Å²) in [5, 5.41) is 7.62. The molecule has 1 aliphatic rings. The highest BCUT2D eigenvalue weighted by Gasteiger charge is 2.26. The van der Waals surface area contributed by atoms with E-state index < -0.39 is 0 Å². The predicted octanol–water partition coefficient (Wildman–Crippen LogP) is 3.58. The fraction of sp³-hybridized carbons (Fsp3) is 0.789. The first-order chi connectivity index (χ1) is 11.3. The summed E-state index contributed by atoms with van der Waals surface area (Å²) in [5.74, 6) is 0.646. The van der Waals surface area contributed by atoms with Crippen LogP contribution in [-0.2, 0) is 13.5 Å². The van der Waals surface area contributed by atoms with E-state index in [0.29, 0.717) is 12.0 Å². The van der Waals surface area contributed by atoms with E-state index in [9.17, 15) is 4.79 Å². The maximum Gasteiger partial charge on any atom is 0.317 e. The first-order valence-electron chi connectivity index (χ1n) is 9.33. The number of carbonyl (C=O) groups is 1. The molecule has 1 fully saturated rings. The second-order valence-electron chi connectivity index (χ2n) is 7.58. The van der Waals surface area contributed by atoms with Crippen LogP contribution in [0.25, 0.3) is 0 Å². The maximum absolute atomic E-state index is 12.6. The Morgan fingerprint density at radius 2 is 1.92 bits per heavy atom. The highest BCUT2D eigenvalue weighted by Crippen LogP contribution is 2.28. The molecule has 1 aromatic heterocycles. The number of amides is 2. The Morgan fingerprint density at radius 1 is 1.29 bits per heavy atom. The molecule has 0 bridgehead atoms. The molecule has 24 heavy (non-hydrogen) atoms. The second kappa shape index (κ2) is 8.04. The third-order valence-corrected chi connectivity index (χ3v) is 5.80. The number of aromatic nitrogens is 2. The molecule has 136 valence electrons. The number of aryl methyl sites for hydroxylation is 2. The Bertz CT molecular complexity index is 560. The zero-order chi connectivity index (χ0) is 17.9. The van der Waals surface area contributed by atoms with Gasteiger partial charge in [0.2, 0.25) is 0 Å². The molecule has 1 aliphatic carbocycles. The lowest BCUT2D eigenvalue weighted by Crippen LogP contribution is -2.48. The molecule has 1 aromatic rings. The summed E-state index contributed by atoms with van der Waals surface area (Å²) in [6.45, 7) is 8.38. The third-order valence-electron chi connectivity index (χ3n) is 5.80. The smallest absolute Gasteiger partial charge is 0.317 e. The van der Waals surface area contributed by atoms with E-state index in [1.807, 2.05) is 30.6 Å². The molecule has 0 aliphatic heterocycles. The van der Waals surface area contributed by atoms with Crippen molar-refractivity contribution in [2.75, 3.05) is 7.05 Å². The number of urea groups is 1.